The summed E-state index contributed by atoms with van der Waals surface area (Å²) in [6.07, 6.45) is -2.24. The van der Waals surface area contributed by atoms with Crippen molar-refractivity contribution in [1.82, 2.24) is 0 Å². The van der Waals surface area contributed by atoms with E-state index in [-0.39, 0.29) is 23.7 Å². The highest BCUT2D eigenvalue weighted by atomic mass is 19.4. The van der Waals surface area contributed by atoms with E-state index < -0.39 is 23.7 Å². The van der Waals surface area contributed by atoms with Crippen LogP contribution in [0.25, 0.3) is 6.08 Å². The number of alkyl halides is 3. The third-order valence-corrected chi connectivity index (χ3v) is 3.32. The molecule has 0 amide bonds. The number of halogens is 3. The fraction of sp³-hybridized carbons (Fsp3) is 0.222. The quantitative estimate of drug-likeness (QED) is 0.586. The molecule has 0 bridgehead atoms. The van der Waals surface area contributed by atoms with E-state index in [0.29, 0.717) is 5.56 Å². The van der Waals surface area contributed by atoms with Gasteiger partial charge in [0.1, 0.15) is 12.4 Å². The maximum Gasteiger partial charge on any atom is 0.416 e. The highest BCUT2D eigenvalue weighted by Gasteiger charge is 2.30. The molecule has 0 aliphatic rings. The molecule has 0 radical (unpaired) electrons. The first-order valence-electron chi connectivity index (χ1n) is 7.40. The average molecular weight is 368 g/mol. The van der Waals surface area contributed by atoms with Crippen LogP contribution in [0.1, 0.15) is 33.0 Å². The van der Waals surface area contributed by atoms with E-state index in [0.717, 1.165) is 18.2 Å². The molecule has 2 aromatic rings. The Bertz CT molecular complexity index is 834. The molecule has 0 fully saturated rings. The monoisotopic (exact) mass is 368 g/mol. The number of hydrogen-bond acceptors (Lipinski definition) is 5. The third-order valence-electron chi connectivity index (χ3n) is 3.32. The molecular formula is C18H15F3O5. The Balaban J connectivity index is 1.97. The lowest BCUT2D eigenvalue weighted by molar-refractivity contribution is -0.139. The summed E-state index contributed by atoms with van der Waals surface area (Å²) in [6, 6.07) is 6.05. The molecule has 0 spiro atoms. The molecule has 0 unspecified atom stereocenters. The highest BCUT2D eigenvalue weighted by Crippen LogP contribution is 2.29. The first kappa shape index (κ1) is 19.3. The lowest BCUT2D eigenvalue weighted by Gasteiger charge is -2.06. The second-order valence-corrected chi connectivity index (χ2v) is 5.28. The summed E-state index contributed by atoms with van der Waals surface area (Å²) < 4.78 is 52.6. The predicted octanol–water partition coefficient (Wildman–Crippen LogP) is 4.15. The van der Waals surface area contributed by atoms with E-state index in [1.807, 2.05) is 0 Å². The van der Waals surface area contributed by atoms with Crippen molar-refractivity contribution in [2.45, 2.75) is 19.7 Å². The minimum absolute atomic E-state index is 0.0121. The number of rotatable bonds is 5. The molecule has 138 valence electrons. The van der Waals surface area contributed by atoms with Crippen LogP contribution in [0.15, 0.2) is 40.8 Å². The summed E-state index contributed by atoms with van der Waals surface area (Å²) in [5, 5.41) is 0. The number of hydrogen-bond donors (Lipinski definition) is 0. The number of ether oxygens (including phenoxy) is 2. The fourth-order valence-electron chi connectivity index (χ4n) is 2.09. The van der Waals surface area contributed by atoms with Gasteiger partial charge in [-0.25, -0.2) is 9.59 Å². The zero-order valence-electron chi connectivity index (χ0n) is 13.9. The fourth-order valence-corrected chi connectivity index (χ4v) is 2.09. The van der Waals surface area contributed by atoms with Gasteiger partial charge in [-0.1, -0.05) is 12.1 Å². The van der Waals surface area contributed by atoms with Crippen molar-refractivity contribution < 1.29 is 36.7 Å². The molecule has 1 aromatic heterocycles. The third kappa shape index (κ3) is 4.98. The van der Waals surface area contributed by atoms with Crippen LogP contribution in [0, 0.1) is 6.92 Å². The molecule has 0 aliphatic carbocycles. The lowest BCUT2D eigenvalue weighted by Crippen LogP contribution is -2.04. The van der Waals surface area contributed by atoms with Gasteiger partial charge < -0.3 is 13.9 Å². The van der Waals surface area contributed by atoms with Crippen molar-refractivity contribution in [3.63, 3.8) is 0 Å². The molecule has 0 aliphatic heterocycles. The van der Waals surface area contributed by atoms with Crippen LogP contribution in [0.2, 0.25) is 0 Å². The average Bonchev–Trinajstić information content (AvgIpc) is 2.97. The standard InChI is InChI=1S/C18H15F3O5/c1-11-8-14(26-16(11)17(23)24-2)10-25-15(22)7-6-12-4-3-5-13(9-12)18(19,20)21/h3-9H,10H2,1-2H3/b7-6+. The van der Waals surface area contributed by atoms with E-state index in [1.54, 1.807) is 6.92 Å². The number of methoxy groups -OCH3 is 1. The molecule has 5 nitrogen and oxygen atoms in total. The van der Waals surface area contributed by atoms with E-state index >= 15 is 0 Å². The molecule has 0 atom stereocenters. The zero-order valence-corrected chi connectivity index (χ0v) is 13.9. The summed E-state index contributed by atoms with van der Waals surface area (Å²) in [5.41, 5.74) is -0.0737. The number of benzene rings is 1. The van der Waals surface area contributed by atoms with Crippen LogP contribution in [0.3, 0.4) is 0 Å². The highest BCUT2D eigenvalue weighted by molar-refractivity contribution is 5.88. The van der Waals surface area contributed by atoms with Crippen LogP contribution < -0.4 is 0 Å². The summed E-state index contributed by atoms with van der Waals surface area (Å²) in [7, 11) is 1.21. The SMILES string of the molecule is COC(=O)c1oc(COC(=O)/C=C/c2cccc(C(F)(F)F)c2)cc1C. The summed E-state index contributed by atoms with van der Waals surface area (Å²) in [4.78, 5) is 23.1. The predicted molar refractivity (Wildman–Crippen MR) is 85.1 cm³/mol. The lowest BCUT2D eigenvalue weighted by atomic mass is 10.1. The van der Waals surface area contributed by atoms with Gasteiger partial charge in [0.15, 0.2) is 0 Å². The first-order chi connectivity index (χ1) is 12.2. The van der Waals surface area contributed by atoms with E-state index in [2.05, 4.69) is 4.74 Å². The molecule has 0 saturated heterocycles. The van der Waals surface area contributed by atoms with Gasteiger partial charge in [0.25, 0.3) is 0 Å². The topological polar surface area (TPSA) is 65.7 Å². The van der Waals surface area contributed by atoms with Crippen molar-refractivity contribution in [1.29, 1.82) is 0 Å². The second kappa shape index (κ2) is 7.90. The van der Waals surface area contributed by atoms with Crippen LogP contribution in [0.4, 0.5) is 13.2 Å². The summed E-state index contributed by atoms with van der Waals surface area (Å²) in [6.45, 7) is 1.40. The van der Waals surface area contributed by atoms with Gasteiger partial charge >= 0.3 is 18.1 Å². The van der Waals surface area contributed by atoms with Gasteiger partial charge in [0, 0.05) is 11.6 Å². The van der Waals surface area contributed by atoms with Crippen molar-refractivity contribution in [3.8, 4) is 0 Å². The van der Waals surface area contributed by atoms with Gasteiger partial charge in [0.05, 0.1) is 12.7 Å². The van der Waals surface area contributed by atoms with Crippen molar-refractivity contribution in [3.05, 3.63) is 64.6 Å². The van der Waals surface area contributed by atoms with Gasteiger partial charge in [-0.3, -0.25) is 0 Å². The second-order valence-electron chi connectivity index (χ2n) is 5.28. The van der Waals surface area contributed by atoms with Crippen LogP contribution in [-0.2, 0) is 27.1 Å². The van der Waals surface area contributed by atoms with Gasteiger partial charge in [-0.15, -0.1) is 0 Å². The molecular weight excluding hydrogens is 353 g/mol. The molecule has 26 heavy (non-hydrogen) atoms. The first-order valence-corrected chi connectivity index (χ1v) is 7.40. The normalized spacial score (nSPS) is 11.6. The number of carbonyl (C=O) groups excluding carboxylic acids is 2. The molecule has 0 N–H and O–H groups in total. The zero-order chi connectivity index (χ0) is 19.3. The number of esters is 2. The van der Waals surface area contributed by atoms with Crippen LogP contribution in [0.5, 0.6) is 0 Å². The minimum Gasteiger partial charge on any atom is -0.463 e. The number of carbonyl (C=O) groups is 2. The van der Waals surface area contributed by atoms with Crippen molar-refractivity contribution in [2.75, 3.05) is 7.11 Å². The largest absolute Gasteiger partial charge is 0.463 e. The van der Waals surface area contributed by atoms with Crippen molar-refractivity contribution >= 4 is 18.0 Å². The van der Waals surface area contributed by atoms with Crippen LogP contribution >= 0.6 is 0 Å². The van der Waals surface area contributed by atoms with Gasteiger partial charge in [-0.2, -0.15) is 13.2 Å². The number of furan rings is 1. The smallest absolute Gasteiger partial charge is 0.416 e. The Kier molecular flexibility index (Phi) is 5.86. The van der Waals surface area contributed by atoms with E-state index in [1.165, 1.54) is 31.4 Å². The Morgan fingerprint density at radius 2 is 1.96 bits per heavy atom. The Morgan fingerprint density at radius 1 is 1.23 bits per heavy atom. The minimum atomic E-state index is -4.46. The van der Waals surface area contributed by atoms with E-state index in [9.17, 15) is 22.8 Å². The summed E-state index contributed by atoms with van der Waals surface area (Å²) >= 11 is 0. The molecule has 1 heterocycles. The maximum absolute atomic E-state index is 12.6. The Morgan fingerprint density at radius 3 is 2.62 bits per heavy atom. The summed E-state index contributed by atoms with van der Waals surface area (Å²) in [5.74, 6) is -1.16. The molecule has 2 rings (SSSR count). The van der Waals surface area contributed by atoms with Gasteiger partial charge in [-0.05, 0) is 36.8 Å². The van der Waals surface area contributed by atoms with Crippen LogP contribution in [-0.4, -0.2) is 19.0 Å². The Labute approximate surface area is 147 Å². The van der Waals surface area contributed by atoms with Crippen molar-refractivity contribution in [2.24, 2.45) is 0 Å². The van der Waals surface area contributed by atoms with E-state index in [4.69, 9.17) is 9.15 Å². The Hall–Kier alpha value is -3.03. The maximum atomic E-state index is 12.6. The molecule has 1 aromatic carbocycles. The molecule has 8 heteroatoms. The molecule has 0 saturated carbocycles. The van der Waals surface area contributed by atoms with Gasteiger partial charge in [0.2, 0.25) is 5.76 Å². The number of aryl methyl sites for hydroxylation is 1.